The predicted octanol–water partition coefficient (Wildman–Crippen LogP) is 0.965. The third kappa shape index (κ3) is 3.37. The molecule has 0 unspecified atom stereocenters. The third-order valence-electron chi connectivity index (χ3n) is 2.61. The molecule has 0 saturated heterocycles. The number of primary amides is 1. The van der Waals surface area contributed by atoms with Crippen molar-refractivity contribution in [2.75, 3.05) is 23.7 Å². The first-order valence-electron chi connectivity index (χ1n) is 5.92. The second-order valence-electron chi connectivity index (χ2n) is 4.93. The summed E-state index contributed by atoms with van der Waals surface area (Å²) in [6.07, 6.45) is 0. The molecule has 100 valence electrons. The van der Waals surface area contributed by atoms with Crippen molar-refractivity contribution in [1.29, 1.82) is 0 Å². The van der Waals surface area contributed by atoms with E-state index in [-0.39, 0.29) is 0 Å². The molecule has 0 heterocycles. The van der Waals surface area contributed by atoms with Gasteiger partial charge in [-0.2, -0.15) is 0 Å². The molecule has 0 aliphatic carbocycles. The number of carbonyl (C=O) groups excluding carboxylic acids is 1. The highest BCUT2D eigenvalue weighted by Gasteiger charge is 2.22. The van der Waals surface area contributed by atoms with E-state index in [1.165, 1.54) is 0 Å². The van der Waals surface area contributed by atoms with Gasteiger partial charge in [-0.15, -0.1) is 0 Å². The molecule has 0 fully saturated rings. The van der Waals surface area contributed by atoms with Crippen LogP contribution in [0.3, 0.4) is 0 Å². The predicted molar refractivity (Wildman–Crippen MR) is 73.6 cm³/mol. The lowest BCUT2D eigenvalue weighted by Gasteiger charge is -2.31. The first-order valence-corrected chi connectivity index (χ1v) is 5.92. The summed E-state index contributed by atoms with van der Waals surface area (Å²) < 4.78 is 0. The van der Waals surface area contributed by atoms with Crippen LogP contribution in [0.25, 0.3) is 0 Å². The Morgan fingerprint density at radius 3 is 2.50 bits per heavy atom. The number of hydrogen-bond donors (Lipinski definition) is 3. The van der Waals surface area contributed by atoms with Crippen molar-refractivity contribution in [1.82, 2.24) is 0 Å². The van der Waals surface area contributed by atoms with Gasteiger partial charge in [0, 0.05) is 13.1 Å². The lowest BCUT2D eigenvalue weighted by atomic mass is 10.1. The molecule has 5 heteroatoms. The highest BCUT2D eigenvalue weighted by Crippen LogP contribution is 2.28. The van der Waals surface area contributed by atoms with Gasteiger partial charge < -0.3 is 21.5 Å². The number of anilines is 2. The SMILES string of the molecule is CCN(CC(C)(C)O)c1c(N)cccc1C(N)=O. The van der Waals surface area contributed by atoms with Gasteiger partial charge in [0.25, 0.3) is 5.91 Å². The standard InChI is InChI=1S/C13H21N3O2/c1-4-16(8-13(2,3)18)11-9(12(15)17)6-5-7-10(11)14/h5-7,18H,4,8,14H2,1-3H3,(H2,15,17). The van der Waals surface area contributed by atoms with Crippen molar-refractivity contribution in [2.24, 2.45) is 5.73 Å². The van der Waals surface area contributed by atoms with Crippen LogP contribution in [0.1, 0.15) is 31.1 Å². The van der Waals surface area contributed by atoms with Crippen LogP contribution in [0.15, 0.2) is 18.2 Å². The van der Waals surface area contributed by atoms with Crippen LogP contribution in [-0.4, -0.2) is 29.7 Å². The van der Waals surface area contributed by atoms with Gasteiger partial charge >= 0.3 is 0 Å². The number of aliphatic hydroxyl groups is 1. The molecule has 1 aromatic rings. The molecule has 1 rings (SSSR count). The first kappa shape index (κ1) is 14.3. The van der Waals surface area contributed by atoms with Gasteiger partial charge in [0.1, 0.15) is 0 Å². The maximum atomic E-state index is 11.4. The van der Waals surface area contributed by atoms with Gasteiger partial charge in [0.2, 0.25) is 0 Å². The fraction of sp³-hybridized carbons (Fsp3) is 0.462. The molecule has 0 saturated carbocycles. The number of nitrogen functional groups attached to an aromatic ring is 1. The smallest absolute Gasteiger partial charge is 0.250 e. The van der Waals surface area contributed by atoms with Crippen LogP contribution >= 0.6 is 0 Å². The minimum Gasteiger partial charge on any atom is -0.397 e. The highest BCUT2D eigenvalue weighted by molar-refractivity contribution is 6.01. The molecule has 0 aliphatic rings. The monoisotopic (exact) mass is 251 g/mol. The largest absolute Gasteiger partial charge is 0.397 e. The Morgan fingerprint density at radius 2 is 2.06 bits per heavy atom. The second kappa shape index (κ2) is 5.27. The summed E-state index contributed by atoms with van der Waals surface area (Å²) in [7, 11) is 0. The Bertz CT molecular complexity index is 438. The number of para-hydroxylation sites is 1. The Balaban J connectivity index is 3.24. The molecule has 0 aliphatic heterocycles. The molecule has 1 amide bonds. The minimum atomic E-state index is -0.882. The number of nitrogens with zero attached hydrogens (tertiary/aromatic N) is 1. The highest BCUT2D eigenvalue weighted by atomic mass is 16.3. The molecule has 0 radical (unpaired) electrons. The summed E-state index contributed by atoms with van der Waals surface area (Å²) in [6, 6.07) is 5.05. The van der Waals surface area contributed by atoms with E-state index < -0.39 is 11.5 Å². The van der Waals surface area contributed by atoms with E-state index in [1.54, 1.807) is 32.0 Å². The quantitative estimate of drug-likeness (QED) is 0.680. The molecule has 0 bridgehead atoms. The number of amides is 1. The lowest BCUT2D eigenvalue weighted by molar-refractivity contribution is 0.0872. The molecule has 0 spiro atoms. The van der Waals surface area contributed by atoms with E-state index in [1.807, 2.05) is 11.8 Å². The molecular weight excluding hydrogens is 230 g/mol. The van der Waals surface area contributed by atoms with E-state index in [4.69, 9.17) is 11.5 Å². The van der Waals surface area contributed by atoms with Crippen molar-refractivity contribution in [3.05, 3.63) is 23.8 Å². The number of benzene rings is 1. The van der Waals surface area contributed by atoms with Crippen LogP contribution in [0.4, 0.5) is 11.4 Å². The van der Waals surface area contributed by atoms with Gasteiger partial charge in [0.05, 0.1) is 22.5 Å². The summed E-state index contributed by atoms with van der Waals surface area (Å²) in [5, 5.41) is 9.90. The van der Waals surface area contributed by atoms with E-state index in [2.05, 4.69) is 0 Å². The van der Waals surface area contributed by atoms with Crippen molar-refractivity contribution in [3.8, 4) is 0 Å². The minimum absolute atomic E-state index is 0.373. The van der Waals surface area contributed by atoms with Crippen molar-refractivity contribution in [3.63, 3.8) is 0 Å². The number of nitrogens with two attached hydrogens (primary N) is 2. The van der Waals surface area contributed by atoms with Gasteiger partial charge in [0.15, 0.2) is 0 Å². The van der Waals surface area contributed by atoms with Gasteiger partial charge in [-0.3, -0.25) is 4.79 Å². The second-order valence-corrected chi connectivity index (χ2v) is 4.93. The van der Waals surface area contributed by atoms with Crippen molar-refractivity contribution in [2.45, 2.75) is 26.4 Å². The van der Waals surface area contributed by atoms with E-state index in [0.29, 0.717) is 30.0 Å². The van der Waals surface area contributed by atoms with Crippen LogP contribution < -0.4 is 16.4 Å². The summed E-state index contributed by atoms with van der Waals surface area (Å²) in [5.74, 6) is -0.522. The number of hydrogen-bond acceptors (Lipinski definition) is 4. The topological polar surface area (TPSA) is 92.6 Å². The van der Waals surface area contributed by atoms with Crippen LogP contribution in [0.2, 0.25) is 0 Å². The summed E-state index contributed by atoms with van der Waals surface area (Å²) in [4.78, 5) is 13.3. The van der Waals surface area contributed by atoms with E-state index >= 15 is 0 Å². The number of carbonyl (C=O) groups is 1. The molecule has 18 heavy (non-hydrogen) atoms. The van der Waals surface area contributed by atoms with Crippen LogP contribution in [-0.2, 0) is 0 Å². The zero-order chi connectivity index (χ0) is 13.9. The first-order chi connectivity index (χ1) is 8.26. The zero-order valence-corrected chi connectivity index (χ0v) is 11.1. The fourth-order valence-electron chi connectivity index (χ4n) is 1.93. The normalized spacial score (nSPS) is 11.3. The van der Waals surface area contributed by atoms with E-state index in [9.17, 15) is 9.90 Å². The fourth-order valence-corrected chi connectivity index (χ4v) is 1.93. The van der Waals surface area contributed by atoms with E-state index in [0.717, 1.165) is 0 Å². The zero-order valence-electron chi connectivity index (χ0n) is 11.1. The van der Waals surface area contributed by atoms with Crippen molar-refractivity contribution < 1.29 is 9.90 Å². The number of rotatable bonds is 5. The van der Waals surface area contributed by atoms with Crippen LogP contribution in [0, 0.1) is 0 Å². The van der Waals surface area contributed by atoms with Gasteiger partial charge in [-0.1, -0.05) is 6.07 Å². The summed E-state index contributed by atoms with van der Waals surface area (Å²) in [5.41, 5.74) is 11.8. The van der Waals surface area contributed by atoms with Crippen molar-refractivity contribution >= 4 is 17.3 Å². The molecule has 0 aromatic heterocycles. The molecule has 5 N–H and O–H groups in total. The Labute approximate surface area is 107 Å². The molecular formula is C13H21N3O2. The summed E-state index contributed by atoms with van der Waals surface area (Å²) >= 11 is 0. The maximum absolute atomic E-state index is 11.4. The van der Waals surface area contributed by atoms with Gasteiger partial charge in [-0.25, -0.2) is 0 Å². The molecule has 1 aromatic carbocycles. The lowest BCUT2D eigenvalue weighted by Crippen LogP contribution is -2.40. The Hall–Kier alpha value is -1.75. The molecule has 0 atom stereocenters. The third-order valence-corrected chi connectivity index (χ3v) is 2.61. The molecule has 5 nitrogen and oxygen atoms in total. The maximum Gasteiger partial charge on any atom is 0.250 e. The van der Waals surface area contributed by atoms with Gasteiger partial charge in [-0.05, 0) is 32.9 Å². The average molecular weight is 251 g/mol. The average Bonchev–Trinajstić information content (AvgIpc) is 2.24. The number of likely N-dealkylation sites (N-methyl/N-ethyl adjacent to an activating group) is 1. The Kier molecular flexibility index (Phi) is 4.19. The summed E-state index contributed by atoms with van der Waals surface area (Å²) in [6.45, 7) is 6.34. The van der Waals surface area contributed by atoms with Crippen LogP contribution in [0.5, 0.6) is 0 Å². The Morgan fingerprint density at radius 1 is 1.44 bits per heavy atom.